The van der Waals surface area contributed by atoms with Gasteiger partial charge in [-0.1, -0.05) is 45.9 Å². The van der Waals surface area contributed by atoms with Crippen molar-refractivity contribution in [3.8, 4) is 0 Å². The number of aryl methyl sites for hydroxylation is 1. The standard InChI is InChI=1S/C21H33N3O3/c1-6-14-24(15-18(25)23-17-11-8-7-10-16(17)2)19(26)12-9-13-22-20(27)21(3,4)5/h7-8,10-11H,6,9,12-15H2,1-5H3,(H,22,27)(H,23,25). The van der Waals surface area contributed by atoms with E-state index in [2.05, 4.69) is 10.6 Å². The molecular formula is C21H33N3O3. The number of benzene rings is 1. The molecule has 0 atom stereocenters. The predicted molar refractivity (Wildman–Crippen MR) is 108 cm³/mol. The average Bonchev–Trinajstić information content (AvgIpc) is 2.59. The Labute approximate surface area is 162 Å². The normalized spacial score (nSPS) is 11.0. The lowest BCUT2D eigenvalue weighted by atomic mass is 9.96. The SMILES string of the molecule is CCCN(CC(=O)Nc1ccccc1C)C(=O)CCCNC(=O)C(C)(C)C. The second kappa shape index (κ2) is 10.7. The summed E-state index contributed by atoms with van der Waals surface area (Å²) in [5, 5.41) is 5.70. The zero-order valence-corrected chi connectivity index (χ0v) is 17.2. The maximum atomic E-state index is 12.5. The van der Waals surface area contributed by atoms with Crippen molar-refractivity contribution in [1.82, 2.24) is 10.2 Å². The highest BCUT2D eigenvalue weighted by atomic mass is 16.2. The van der Waals surface area contributed by atoms with Gasteiger partial charge in [-0.05, 0) is 31.4 Å². The van der Waals surface area contributed by atoms with Crippen LogP contribution < -0.4 is 10.6 Å². The Morgan fingerprint density at radius 1 is 1.11 bits per heavy atom. The average molecular weight is 376 g/mol. The molecule has 2 N–H and O–H groups in total. The maximum absolute atomic E-state index is 12.5. The van der Waals surface area contributed by atoms with E-state index in [1.807, 2.05) is 58.9 Å². The molecule has 0 aliphatic rings. The third-order valence-corrected chi connectivity index (χ3v) is 4.13. The van der Waals surface area contributed by atoms with Crippen molar-refractivity contribution < 1.29 is 14.4 Å². The Hall–Kier alpha value is -2.37. The summed E-state index contributed by atoms with van der Waals surface area (Å²) in [5.41, 5.74) is 1.30. The van der Waals surface area contributed by atoms with Crippen molar-refractivity contribution in [3.63, 3.8) is 0 Å². The number of carbonyl (C=O) groups is 3. The number of carbonyl (C=O) groups excluding carboxylic acids is 3. The van der Waals surface area contributed by atoms with Gasteiger partial charge >= 0.3 is 0 Å². The van der Waals surface area contributed by atoms with Gasteiger partial charge in [0, 0.05) is 30.6 Å². The topological polar surface area (TPSA) is 78.5 Å². The fourth-order valence-corrected chi connectivity index (χ4v) is 2.50. The molecule has 150 valence electrons. The third kappa shape index (κ3) is 8.24. The van der Waals surface area contributed by atoms with E-state index in [-0.39, 0.29) is 24.3 Å². The molecule has 0 saturated heterocycles. The highest BCUT2D eigenvalue weighted by Crippen LogP contribution is 2.14. The molecule has 0 aliphatic carbocycles. The van der Waals surface area contributed by atoms with Crippen molar-refractivity contribution in [2.75, 3.05) is 25.0 Å². The number of hydrogen-bond donors (Lipinski definition) is 2. The minimum atomic E-state index is -0.439. The van der Waals surface area contributed by atoms with Crippen LogP contribution in [-0.2, 0) is 14.4 Å². The molecule has 0 aliphatic heterocycles. The van der Waals surface area contributed by atoms with Crippen LogP contribution in [0.3, 0.4) is 0 Å². The Kier molecular flexibility index (Phi) is 8.98. The van der Waals surface area contributed by atoms with Crippen LogP contribution in [0.25, 0.3) is 0 Å². The van der Waals surface area contributed by atoms with Gasteiger partial charge < -0.3 is 15.5 Å². The van der Waals surface area contributed by atoms with Crippen molar-refractivity contribution in [1.29, 1.82) is 0 Å². The van der Waals surface area contributed by atoms with E-state index < -0.39 is 5.41 Å². The van der Waals surface area contributed by atoms with Crippen molar-refractivity contribution >= 4 is 23.4 Å². The lowest BCUT2D eigenvalue weighted by Crippen LogP contribution is -2.39. The summed E-state index contributed by atoms with van der Waals surface area (Å²) in [6, 6.07) is 7.55. The van der Waals surface area contributed by atoms with Gasteiger partial charge in [0.15, 0.2) is 0 Å². The van der Waals surface area contributed by atoms with E-state index >= 15 is 0 Å². The Morgan fingerprint density at radius 2 is 1.78 bits per heavy atom. The van der Waals surface area contributed by atoms with Crippen molar-refractivity contribution in [2.24, 2.45) is 5.41 Å². The zero-order chi connectivity index (χ0) is 20.4. The monoisotopic (exact) mass is 375 g/mol. The number of para-hydroxylation sites is 1. The van der Waals surface area contributed by atoms with Crippen LogP contribution >= 0.6 is 0 Å². The molecule has 0 bridgehead atoms. The molecular weight excluding hydrogens is 342 g/mol. The van der Waals surface area contributed by atoms with Crippen LogP contribution in [0.2, 0.25) is 0 Å². The summed E-state index contributed by atoms with van der Waals surface area (Å²) in [6.45, 7) is 10.5. The summed E-state index contributed by atoms with van der Waals surface area (Å²) >= 11 is 0. The first-order chi connectivity index (χ1) is 12.6. The molecule has 0 radical (unpaired) electrons. The summed E-state index contributed by atoms with van der Waals surface area (Å²) in [6.07, 6.45) is 1.65. The second-order valence-corrected chi connectivity index (χ2v) is 7.79. The van der Waals surface area contributed by atoms with Gasteiger partial charge in [0.25, 0.3) is 0 Å². The molecule has 1 aromatic carbocycles. The smallest absolute Gasteiger partial charge is 0.244 e. The molecule has 3 amide bonds. The molecule has 0 saturated carbocycles. The van der Waals surface area contributed by atoms with Crippen LogP contribution in [0.5, 0.6) is 0 Å². The van der Waals surface area contributed by atoms with Gasteiger partial charge in [-0.25, -0.2) is 0 Å². The van der Waals surface area contributed by atoms with Gasteiger partial charge in [-0.15, -0.1) is 0 Å². The number of nitrogens with zero attached hydrogens (tertiary/aromatic N) is 1. The largest absolute Gasteiger partial charge is 0.356 e. The number of rotatable bonds is 9. The lowest BCUT2D eigenvalue weighted by molar-refractivity contribution is -0.135. The maximum Gasteiger partial charge on any atom is 0.244 e. The summed E-state index contributed by atoms with van der Waals surface area (Å²) in [7, 11) is 0. The van der Waals surface area contributed by atoms with E-state index in [1.54, 1.807) is 4.90 Å². The van der Waals surface area contributed by atoms with Crippen LogP contribution in [0, 0.1) is 12.3 Å². The van der Waals surface area contributed by atoms with Gasteiger partial charge in [0.2, 0.25) is 17.7 Å². The molecule has 0 aromatic heterocycles. The van der Waals surface area contributed by atoms with E-state index in [4.69, 9.17) is 0 Å². The van der Waals surface area contributed by atoms with Gasteiger partial charge in [0.05, 0.1) is 6.54 Å². The van der Waals surface area contributed by atoms with Crippen LogP contribution in [0.1, 0.15) is 52.5 Å². The Morgan fingerprint density at radius 3 is 2.37 bits per heavy atom. The first-order valence-electron chi connectivity index (χ1n) is 9.56. The van der Waals surface area contributed by atoms with Crippen molar-refractivity contribution in [2.45, 2.75) is 53.9 Å². The highest BCUT2D eigenvalue weighted by Gasteiger charge is 2.21. The quantitative estimate of drug-likeness (QED) is 0.651. The van der Waals surface area contributed by atoms with E-state index in [0.29, 0.717) is 25.9 Å². The molecule has 6 heteroatoms. The molecule has 1 aromatic rings. The molecule has 0 heterocycles. The second-order valence-electron chi connectivity index (χ2n) is 7.79. The molecule has 1 rings (SSSR count). The highest BCUT2D eigenvalue weighted by molar-refractivity contribution is 5.95. The number of anilines is 1. The number of hydrogen-bond acceptors (Lipinski definition) is 3. The number of nitrogens with one attached hydrogen (secondary N) is 2. The lowest BCUT2D eigenvalue weighted by Gasteiger charge is -2.22. The minimum absolute atomic E-state index is 0.0297. The Bertz CT molecular complexity index is 650. The Balaban J connectivity index is 2.49. The predicted octanol–water partition coefficient (Wildman–Crippen LogP) is 3.11. The summed E-state index contributed by atoms with van der Waals surface area (Å²) < 4.78 is 0. The van der Waals surface area contributed by atoms with E-state index in [9.17, 15) is 14.4 Å². The zero-order valence-electron chi connectivity index (χ0n) is 17.2. The summed E-state index contributed by atoms with van der Waals surface area (Å²) in [4.78, 5) is 38.2. The summed E-state index contributed by atoms with van der Waals surface area (Å²) in [5.74, 6) is -0.299. The third-order valence-electron chi connectivity index (χ3n) is 4.13. The first-order valence-corrected chi connectivity index (χ1v) is 9.56. The molecule has 0 spiro atoms. The van der Waals surface area contributed by atoms with Gasteiger partial charge in [0.1, 0.15) is 0 Å². The fourth-order valence-electron chi connectivity index (χ4n) is 2.50. The molecule has 0 unspecified atom stereocenters. The first kappa shape index (κ1) is 22.7. The van der Waals surface area contributed by atoms with Gasteiger partial charge in [-0.2, -0.15) is 0 Å². The molecule has 27 heavy (non-hydrogen) atoms. The van der Waals surface area contributed by atoms with Crippen molar-refractivity contribution in [3.05, 3.63) is 29.8 Å². The molecule has 0 fully saturated rings. The van der Waals surface area contributed by atoms with E-state index in [0.717, 1.165) is 17.7 Å². The van der Waals surface area contributed by atoms with Crippen LogP contribution in [0.4, 0.5) is 5.69 Å². The van der Waals surface area contributed by atoms with Crippen LogP contribution in [0.15, 0.2) is 24.3 Å². The van der Waals surface area contributed by atoms with Crippen LogP contribution in [-0.4, -0.2) is 42.3 Å². The molecule has 6 nitrogen and oxygen atoms in total. The van der Waals surface area contributed by atoms with E-state index in [1.165, 1.54) is 0 Å². The number of amides is 3. The van der Waals surface area contributed by atoms with Gasteiger partial charge in [-0.3, -0.25) is 14.4 Å². The minimum Gasteiger partial charge on any atom is -0.356 e. The fraction of sp³-hybridized carbons (Fsp3) is 0.571.